The van der Waals surface area contributed by atoms with Crippen LogP contribution >= 0.6 is 0 Å². The average Bonchev–Trinajstić information content (AvgIpc) is 2.69. The van der Waals surface area contributed by atoms with Crippen LogP contribution in [0.4, 0.5) is 5.69 Å². The van der Waals surface area contributed by atoms with Crippen molar-refractivity contribution in [1.82, 2.24) is 4.98 Å². The molecule has 1 N–H and O–H groups in total. The Morgan fingerprint density at radius 1 is 0.880 bits per heavy atom. The first kappa shape index (κ1) is 14.9. The van der Waals surface area contributed by atoms with E-state index in [-0.39, 0.29) is 0 Å². The zero-order chi connectivity index (χ0) is 17.1. The number of hydrogen-bond donors (Lipinski definition) is 1. The molecule has 0 bridgehead atoms. The van der Waals surface area contributed by atoms with Gasteiger partial charge in [-0.15, -0.1) is 0 Å². The number of aliphatic imine (C=N–C) groups is 1. The minimum Gasteiger partial charge on any atom is -0.338 e. The third-order valence-corrected chi connectivity index (χ3v) is 3.98. The van der Waals surface area contributed by atoms with Gasteiger partial charge in [0.25, 0.3) is 0 Å². The number of pyridine rings is 1. The molecule has 0 amide bonds. The summed E-state index contributed by atoms with van der Waals surface area (Å²) >= 11 is 0. The predicted molar refractivity (Wildman–Crippen MR) is 98.9 cm³/mol. The molecule has 0 spiro atoms. The van der Waals surface area contributed by atoms with Crippen molar-refractivity contribution in [1.29, 1.82) is 5.26 Å². The van der Waals surface area contributed by atoms with Gasteiger partial charge in [0.1, 0.15) is 11.6 Å². The highest BCUT2D eigenvalue weighted by molar-refractivity contribution is 6.18. The van der Waals surface area contributed by atoms with Crippen molar-refractivity contribution in [3.05, 3.63) is 102 Å². The molecular formula is C21H14N4. The molecule has 2 heterocycles. The molecule has 118 valence electrons. The lowest BCUT2D eigenvalue weighted by molar-refractivity contribution is 1.22. The second kappa shape index (κ2) is 6.42. The minimum absolute atomic E-state index is 0.420. The number of rotatable bonds is 2. The molecule has 2 aromatic carbocycles. The Morgan fingerprint density at radius 2 is 1.64 bits per heavy atom. The highest BCUT2D eigenvalue weighted by Gasteiger charge is 2.21. The van der Waals surface area contributed by atoms with Crippen molar-refractivity contribution >= 4 is 17.0 Å². The van der Waals surface area contributed by atoms with Crippen molar-refractivity contribution in [2.75, 3.05) is 5.32 Å². The van der Waals surface area contributed by atoms with E-state index in [4.69, 9.17) is 4.99 Å². The summed E-state index contributed by atoms with van der Waals surface area (Å²) in [7, 11) is 0. The average molecular weight is 322 g/mol. The van der Waals surface area contributed by atoms with Crippen LogP contribution in [-0.4, -0.2) is 10.7 Å². The van der Waals surface area contributed by atoms with Gasteiger partial charge < -0.3 is 5.32 Å². The van der Waals surface area contributed by atoms with E-state index in [0.29, 0.717) is 17.1 Å². The molecule has 1 aliphatic heterocycles. The fraction of sp³-hybridized carbons (Fsp3) is 0. The number of nitriles is 1. The maximum absolute atomic E-state index is 9.68. The summed E-state index contributed by atoms with van der Waals surface area (Å²) in [4.78, 5) is 9.05. The minimum atomic E-state index is 0.420. The number of para-hydroxylation sites is 1. The number of hydrogen-bond acceptors (Lipinski definition) is 4. The fourth-order valence-corrected chi connectivity index (χ4v) is 2.80. The highest BCUT2D eigenvalue weighted by atomic mass is 15.1. The zero-order valence-corrected chi connectivity index (χ0v) is 13.3. The summed E-state index contributed by atoms with van der Waals surface area (Å²) in [6.07, 6.45) is 1.67. The first-order valence-electron chi connectivity index (χ1n) is 7.93. The Bertz CT molecular complexity index is 1010. The molecule has 4 rings (SSSR count). The number of anilines is 1. The quantitative estimate of drug-likeness (QED) is 0.718. The molecule has 0 atom stereocenters. The summed E-state index contributed by atoms with van der Waals surface area (Å²) < 4.78 is 0. The molecular weight excluding hydrogens is 308 g/mol. The Balaban J connectivity index is 1.95. The van der Waals surface area contributed by atoms with Crippen LogP contribution in [0.3, 0.4) is 0 Å². The smallest absolute Gasteiger partial charge is 0.151 e. The van der Waals surface area contributed by atoms with Gasteiger partial charge in [-0.25, -0.2) is 4.99 Å². The first-order chi connectivity index (χ1) is 12.4. The molecule has 0 aliphatic carbocycles. The van der Waals surface area contributed by atoms with Crippen molar-refractivity contribution in [2.24, 2.45) is 4.99 Å². The molecule has 0 saturated heterocycles. The Kier molecular flexibility index (Phi) is 3.82. The monoisotopic (exact) mass is 322 g/mol. The van der Waals surface area contributed by atoms with Crippen LogP contribution in [0.25, 0.3) is 5.57 Å². The predicted octanol–water partition coefficient (Wildman–Crippen LogP) is 4.24. The zero-order valence-electron chi connectivity index (χ0n) is 13.3. The fourth-order valence-electron chi connectivity index (χ4n) is 2.80. The number of aromatic nitrogens is 1. The van der Waals surface area contributed by atoms with E-state index in [9.17, 15) is 5.26 Å². The lowest BCUT2D eigenvalue weighted by atomic mass is 9.98. The lowest BCUT2D eigenvalue weighted by Crippen LogP contribution is -2.16. The standard InChI is InChI=1S/C21H14N4/c22-14-17(18-11-6-7-13-23-18)21-24-19-12-5-4-10-16(19)20(25-21)15-8-2-1-3-9-15/h1-13,24H/b21-17-. The molecule has 25 heavy (non-hydrogen) atoms. The van der Waals surface area contributed by atoms with Crippen LogP contribution in [0.2, 0.25) is 0 Å². The van der Waals surface area contributed by atoms with Gasteiger partial charge in [0.2, 0.25) is 0 Å². The van der Waals surface area contributed by atoms with Gasteiger partial charge in [-0.05, 0) is 18.2 Å². The second-order valence-corrected chi connectivity index (χ2v) is 5.55. The van der Waals surface area contributed by atoms with Crippen LogP contribution in [-0.2, 0) is 0 Å². The first-order valence-corrected chi connectivity index (χ1v) is 7.93. The second-order valence-electron chi connectivity index (χ2n) is 5.55. The van der Waals surface area contributed by atoms with Crippen LogP contribution in [0.5, 0.6) is 0 Å². The van der Waals surface area contributed by atoms with Crippen molar-refractivity contribution in [2.45, 2.75) is 0 Å². The van der Waals surface area contributed by atoms with Gasteiger partial charge in [-0.1, -0.05) is 54.6 Å². The number of nitrogens with one attached hydrogen (secondary N) is 1. The molecule has 0 saturated carbocycles. The Hall–Kier alpha value is -3.71. The summed E-state index contributed by atoms with van der Waals surface area (Å²) in [6, 6.07) is 25.7. The van der Waals surface area contributed by atoms with E-state index < -0.39 is 0 Å². The number of fused-ring (bicyclic) bond motifs is 1. The molecule has 0 unspecified atom stereocenters. The molecule has 1 aromatic heterocycles. The number of benzene rings is 2. The largest absolute Gasteiger partial charge is 0.338 e. The van der Waals surface area contributed by atoms with Gasteiger partial charge >= 0.3 is 0 Å². The van der Waals surface area contributed by atoms with Crippen molar-refractivity contribution < 1.29 is 0 Å². The third kappa shape index (κ3) is 2.79. The Labute approximate surface area is 145 Å². The van der Waals surface area contributed by atoms with Crippen LogP contribution in [0.1, 0.15) is 16.8 Å². The van der Waals surface area contributed by atoms with E-state index in [2.05, 4.69) is 16.4 Å². The number of allylic oxidation sites excluding steroid dienone is 1. The van der Waals surface area contributed by atoms with Crippen molar-refractivity contribution in [3.63, 3.8) is 0 Å². The maximum Gasteiger partial charge on any atom is 0.151 e. The van der Waals surface area contributed by atoms with E-state index >= 15 is 0 Å². The Morgan fingerprint density at radius 3 is 2.40 bits per heavy atom. The van der Waals surface area contributed by atoms with Gasteiger partial charge in [0, 0.05) is 23.0 Å². The summed E-state index contributed by atoms with van der Waals surface area (Å²) in [6.45, 7) is 0. The summed E-state index contributed by atoms with van der Waals surface area (Å²) in [5.74, 6) is 0.513. The topological polar surface area (TPSA) is 61.1 Å². The SMILES string of the molecule is N#C/C(=C1/N=C(c2ccccc2)c2ccccc2N1)c1ccccn1. The van der Waals surface area contributed by atoms with Crippen molar-refractivity contribution in [3.8, 4) is 6.07 Å². The van der Waals surface area contributed by atoms with Gasteiger partial charge in [0.05, 0.1) is 11.4 Å². The van der Waals surface area contributed by atoms with E-state index in [1.807, 2.05) is 72.8 Å². The van der Waals surface area contributed by atoms with E-state index in [1.165, 1.54) is 0 Å². The van der Waals surface area contributed by atoms with Crippen LogP contribution < -0.4 is 5.32 Å². The van der Waals surface area contributed by atoms with Gasteiger partial charge in [0.15, 0.2) is 5.82 Å². The summed E-state index contributed by atoms with van der Waals surface area (Å²) in [5, 5.41) is 13.0. The van der Waals surface area contributed by atoms with E-state index in [0.717, 1.165) is 22.5 Å². The molecule has 1 aliphatic rings. The van der Waals surface area contributed by atoms with E-state index in [1.54, 1.807) is 6.20 Å². The molecule has 3 aromatic rings. The number of nitrogens with zero attached hydrogens (tertiary/aromatic N) is 3. The van der Waals surface area contributed by atoms with Crippen LogP contribution in [0.15, 0.2) is 89.8 Å². The molecule has 0 radical (unpaired) electrons. The lowest BCUT2D eigenvalue weighted by Gasteiger charge is -2.21. The molecule has 4 nitrogen and oxygen atoms in total. The molecule has 0 fully saturated rings. The normalized spacial score (nSPS) is 14.6. The summed E-state index contributed by atoms with van der Waals surface area (Å²) in [5.41, 5.74) is 4.80. The molecule has 4 heteroatoms. The maximum atomic E-state index is 9.68. The van der Waals surface area contributed by atoms with Gasteiger partial charge in [-0.2, -0.15) is 5.26 Å². The third-order valence-electron chi connectivity index (χ3n) is 3.98. The van der Waals surface area contributed by atoms with Crippen LogP contribution in [0, 0.1) is 11.3 Å². The van der Waals surface area contributed by atoms with Gasteiger partial charge in [-0.3, -0.25) is 4.98 Å². The highest BCUT2D eigenvalue weighted by Crippen LogP contribution is 2.30.